The van der Waals surface area contributed by atoms with Gasteiger partial charge < -0.3 is 10.5 Å². The molecule has 0 bridgehead atoms. The molecule has 0 unspecified atom stereocenters. The van der Waals surface area contributed by atoms with E-state index in [4.69, 9.17) is 10.5 Å². The molecular weight excluding hydrogens is 174 g/mol. The van der Waals surface area contributed by atoms with Crippen LogP contribution in [0.5, 0.6) is 5.75 Å². The molecule has 1 aromatic rings. The maximum Gasteiger partial charge on any atom is 0.124 e. The van der Waals surface area contributed by atoms with E-state index in [0.29, 0.717) is 0 Å². The van der Waals surface area contributed by atoms with Crippen molar-refractivity contribution in [1.29, 1.82) is 0 Å². The Morgan fingerprint density at radius 3 is 3.14 bits per heavy atom. The van der Waals surface area contributed by atoms with Crippen LogP contribution in [0.1, 0.15) is 36.9 Å². The van der Waals surface area contributed by atoms with Gasteiger partial charge in [0.2, 0.25) is 0 Å². The summed E-state index contributed by atoms with van der Waals surface area (Å²) in [5.41, 5.74) is 8.58. The lowest BCUT2D eigenvalue weighted by Crippen LogP contribution is -2.20. The zero-order valence-corrected chi connectivity index (χ0v) is 8.62. The molecule has 1 atom stereocenters. The van der Waals surface area contributed by atoms with Crippen molar-refractivity contribution >= 4 is 0 Å². The van der Waals surface area contributed by atoms with Gasteiger partial charge in [0.1, 0.15) is 5.75 Å². The summed E-state index contributed by atoms with van der Waals surface area (Å²) in [4.78, 5) is 0. The Balaban J connectivity index is 2.31. The highest BCUT2D eigenvalue weighted by atomic mass is 16.5. The summed E-state index contributed by atoms with van der Waals surface area (Å²) in [5, 5.41) is 0. The molecule has 2 nitrogen and oxygen atoms in total. The smallest absolute Gasteiger partial charge is 0.124 e. The molecule has 2 rings (SSSR count). The number of hydrogen-bond donors (Lipinski definition) is 1. The van der Waals surface area contributed by atoms with Crippen LogP contribution in [0, 0.1) is 0 Å². The topological polar surface area (TPSA) is 35.2 Å². The van der Waals surface area contributed by atoms with E-state index in [1.165, 1.54) is 17.5 Å². The molecule has 2 N–H and O–H groups in total. The molecule has 1 aliphatic heterocycles. The highest BCUT2D eigenvalue weighted by Gasteiger charge is 2.17. The third-order valence-corrected chi connectivity index (χ3v) is 2.70. The third kappa shape index (κ3) is 1.75. The van der Waals surface area contributed by atoms with Crippen LogP contribution in [0.4, 0.5) is 0 Å². The van der Waals surface area contributed by atoms with Gasteiger partial charge in [-0.2, -0.15) is 0 Å². The average molecular weight is 191 g/mol. The summed E-state index contributed by atoms with van der Waals surface area (Å²) in [7, 11) is 0. The number of fused-ring (bicyclic) bond motifs is 1. The van der Waals surface area contributed by atoms with E-state index in [2.05, 4.69) is 25.1 Å². The highest BCUT2D eigenvalue weighted by Crippen LogP contribution is 2.31. The van der Waals surface area contributed by atoms with Crippen molar-refractivity contribution in [2.24, 2.45) is 5.73 Å². The molecule has 0 amide bonds. The zero-order valence-electron chi connectivity index (χ0n) is 8.62. The molecule has 0 fully saturated rings. The second kappa shape index (κ2) is 4.01. The molecule has 0 saturated heterocycles. The van der Waals surface area contributed by atoms with Crippen molar-refractivity contribution in [2.75, 3.05) is 6.61 Å². The van der Waals surface area contributed by atoms with Gasteiger partial charge in [0.05, 0.1) is 6.61 Å². The minimum absolute atomic E-state index is 0.163. The summed E-state index contributed by atoms with van der Waals surface area (Å²) in [5.74, 6) is 0.976. The summed E-state index contributed by atoms with van der Waals surface area (Å²) in [6, 6.07) is 6.55. The lowest BCUT2D eigenvalue weighted by Gasteiger charge is -2.23. The summed E-state index contributed by atoms with van der Waals surface area (Å²) in [6.07, 6.45) is 3.23. The van der Waals surface area contributed by atoms with Crippen molar-refractivity contribution in [2.45, 2.75) is 32.2 Å². The molecule has 0 spiro atoms. The Hall–Kier alpha value is -1.02. The number of nitrogens with two attached hydrogens (primary N) is 1. The standard InChI is InChI=1S/C12H17NO/c1-2-3-9-4-5-12-10(8-9)11(13)6-7-14-12/h4-5,8,11H,2-3,6-7,13H2,1H3/t11-/m1/s1. The molecule has 1 aromatic carbocycles. The average Bonchev–Trinajstić information content (AvgIpc) is 2.20. The third-order valence-electron chi connectivity index (χ3n) is 2.70. The molecule has 0 radical (unpaired) electrons. The highest BCUT2D eigenvalue weighted by molar-refractivity contribution is 5.40. The van der Waals surface area contributed by atoms with E-state index in [1.54, 1.807) is 0 Å². The fourth-order valence-electron chi connectivity index (χ4n) is 1.91. The first kappa shape index (κ1) is 9.53. The quantitative estimate of drug-likeness (QED) is 0.779. The molecule has 2 heteroatoms. The molecule has 1 heterocycles. The number of benzene rings is 1. The van der Waals surface area contributed by atoms with Crippen LogP contribution in [0.3, 0.4) is 0 Å². The van der Waals surface area contributed by atoms with Crippen LogP contribution in [0.25, 0.3) is 0 Å². The summed E-state index contributed by atoms with van der Waals surface area (Å²) in [6.45, 7) is 2.94. The van der Waals surface area contributed by atoms with Gasteiger partial charge in [-0.05, 0) is 18.1 Å². The number of ether oxygens (including phenoxy) is 1. The van der Waals surface area contributed by atoms with Crippen LogP contribution in [-0.2, 0) is 6.42 Å². The number of aryl methyl sites for hydroxylation is 1. The SMILES string of the molecule is CCCc1ccc2c(c1)[C@H](N)CCO2. The monoisotopic (exact) mass is 191 g/mol. The van der Waals surface area contributed by atoms with Gasteiger partial charge in [0, 0.05) is 18.0 Å². The van der Waals surface area contributed by atoms with E-state index in [1.807, 2.05) is 0 Å². The van der Waals surface area contributed by atoms with Gasteiger partial charge in [0.15, 0.2) is 0 Å². The fourth-order valence-corrected chi connectivity index (χ4v) is 1.91. The first-order valence-corrected chi connectivity index (χ1v) is 5.32. The Morgan fingerprint density at radius 2 is 2.36 bits per heavy atom. The number of hydrogen-bond acceptors (Lipinski definition) is 2. The van der Waals surface area contributed by atoms with E-state index in [-0.39, 0.29) is 6.04 Å². The summed E-state index contributed by atoms with van der Waals surface area (Å²) >= 11 is 0. The lowest BCUT2D eigenvalue weighted by atomic mass is 9.98. The molecular formula is C12H17NO. The molecule has 76 valence electrons. The summed E-state index contributed by atoms with van der Waals surface area (Å²) < 4.78 is 5.55. The maximum atomic E-state index is 6.03. The number of rotatable bonds is 2. The Morgan fingerprint density at radius 1 is 1.50 bits per heavy atom. The van der Waals surface area contributed by atoms with E-state index >= 15 is 0 Å². The molecule has 0 saturated carbocycles. The normalized spacial score (nSPS) is 20.0. The van der Waals surface area contributed by atoms with Crippen molar-refractivity contribution in [3.63, 3.8) is 0 Å². The predicted molar refractivity (Wildman–Crippen MR) is 57.5 cm³/mol. The van der Waals surface area contributed by atoms with Crippen molar-refractivity contribution in [3.05, 3.63) is 29.3 Å². The first-order chi connectivity index (χ1) is 6.81. The Labute approximate surface area is 85.1 Å². The minimum atomic E-state index is 0.163. The maximum absolute atomic E-state index is 6.03. The van der Waals surface area contributed by atoms with E-state index in [0.717, 1.165) is 25.2 Å². The van der Waals surface area contributed by atoms with Crippen LogP contribution in [-0.4, -0.2) is 6.61 Å². The van der Waals surface area contributed by atoms with Gasteiger partial charge in [-0.1, -0.05) is 25.5 Å². The largest absolute Gasteiger partial charge is 0.493 e. The Bertz CT molecular complexity index is 322. The van der Waals surface area contributed by atoms with Crippen molar-refractivity contribution < 1.29 is 4.74 Å². The van der Waals surface area contributed by atoms with Crippen LogP contribution < -0.4 is 10.5 Å². The van der Waals surface area contributed by atoms with Gasteiger partial charge in [-0.25, -0.2) is 0 Å². The first-order valence-electron chi connectivity index (χ1n) is 5.32. The second-order valence-electron chi connectivity index (χ2n) is 3.87. The van der Waals surface area contributed by atoms with E-state index < -0.39 is 0 Å². The van der Waals surface area contributed by atoms with Crippen molar-refractivity contribution in [3.8, 4) is 5.75 Å². The molecule has 1 aliphatic rings. The van der Waals surface area contributed by atoms with Gasteiger partial charge in [-0.3, -0.25) is 0 Å². The van der Waals surface area contributed by atoms with Crippen molar-refractivity contribution in [1.82, 2.24) is 0 Å². The zero-order chi connectivity index (χ0) is 9.97. The second-order valence-corrected chi connectivity index (χ2v) is 3.87. The van der Waals surface area contributed by atoms with Gasteiger partial charge in [0.25, 0.3) is 0 Å². The Kier molecular flexibility index (Phi) is 2.73. The van der Waals surface area contributed by atoms with Crippen LogP contribution in [0.2, 0.25) is 0 Å². The minimum Gasteiger partial charge on any atom is -0.493 e. The lowest BCUT2D eigenvalue weighted by molar-refractivity contribution is 0.269. The van der Waals surface area contributed by atoms with Gasteiger partial charge >= 0.3 is 0 Å². The molecule has 14 heavy (non-hydrogen) atoms. The fraction of sp³-hybridized carbons (Fsp3) is 0.500. The molecule has 0 aliphatic carbocycles. The predicted octanol–water partition coefficient (Wildman–Crippen LogP) is 2.42. The van der Waals surface area contributed by atoms with Crippen LogP contribution >= 0.6 is 0 Å². The van der Waals surface area contributed by atoms with E-state index in [9.17, 15) is 0 Å². The van der Waals surface area contributed by atoms with Crippen LogP contribution in [0.15, 0.2) is 18.2 Å². The molecule has 0 aromatic heterocycles. The van der Waals surface area contributed by atoms with Gasteiger partial charge in [-0.15, -0.1) is 0 Å².